The molecule has 5 nitrogen and oxygen atoms in total. The van der Waals surface area contributed by atoms with E-state index >= 15 is 0 Å². The molecule has 0 bridgehead atoms. The minimum atomic E-state index is -0.689. The van der Waals surface area contributed by atoms with Crippen molar-refractivity contribution in [3.8, 4) is 0 Å². The van der Waals surface area contributed by atoms with Crippen molar-refractivity contribution in [3.63, 3.8) is 0 Å². The molecule has 21 heavy (non-hydrogen) atoms. The van der Waals surface area contributed by atoms with Crippen LogP contribution in [0.15, 0.2) is 12.1 Å². The van der Waals surface area contributed by atoms with E-state index in [4.69, 9.17) is 10.5 Å². The van der Waals surface area contributed by atoms with Crippen molar-refractivity contribution in [2.24, 2.45) is 0 Å². The summed E-state index contributed by atoms with van der Waals surface area (Å²) in [6, 6.07) is 3.66. The number of hydrogen-bond donors (Lipinski definition) is 2. The Morgan fingerprint density at radius 3 is 2.29 bits per heavy atom. The smallest absolute Gasteiger partial charge is 0.303 e. The Kier molecular flexibility index (Phi) is 8.40. The number of carbonyl (C=O) groups is 1. The summed E-state index contributed by atoms with van der Waals surface area (Å²) in [5.74, 6) is -0.689. The number of carboxylic acid groups (broad SMARTS) is 1. The zero-order chi connectivity index (χ0) is 15.5. The van der Waals surface area contributed by atoms with E-state index in [1.165, 1.54) is 19.3 Å². The predicted molar refractivity (Wildman–Crippen MR) is 82.0 cm³/mol. The molecule has 1 aromatic rings. The highest BCUT2D eigenvalue weighted by atomic mass is 16.4. The van der Waals surface area contributed by atoms with E-state index in [1.807, 2.05) is 13.0 Å². The second-order valence-corrected chi connectivity index (χ2v) is 5.56. The Labute approximate surface area is 126 Å². The molecule has 0 saturated carbocycles. The standard InChI is InChI=1S/C16H27N3O2/c1-14-11-12-15(17)19(18-14)13-9-7-5-3-2-4-6-8-10-16(20)21/h11-12,17H,2-10,13H2,1H3,(H,20,21). The SMILES string of the molecule is Cc1ccc(=N)n(CCCCCCCCCCC(=O)O)n1. The van der Waals surface area contributed by atoms with Crippen LogP contribution in [0.3, 0.4) is 0 Å². The molecule has 1 rings (SSSR count). The maximum atomic E-state index is 10.3. The summed E-state index contributed by atoms with van der Waals surface area (Å²) < 4.78 is 1.77. The molecule has 0 radical (unpaired) electrons. The zero-order valence-electron chi connectivity index (χ0n) is 13.0. The second kappa shape index (κ2) is 10.1. The lowest BCUT2D eigenvalue weighted by Crippen LogP contribution is -2.22. The molecule has 0 aliphatic heterocycles. The third-order valence-electron chi connectivity index (χ3n) is 3.55. The quantitative estimate of drug-likeness (QED) is 0.615. The second-order valence-electron chi connectivity index (χ2n) is 5.56. The summed E-state index contributed by atoms with van der Waals surface area (Å²) >= 11 is 0. The molecule has 0 aromatic carbocycles. The van der Waals surface area contributed by atoms with Gasteiger partial charge in [-0.15, -0.1) is 0 Å². The number of unbranched alkanes of at least 4 members (excludes halogenated alkanes) is 7. The lowest BCUT2D eigenvalue weighted by molar-refractivity contribution is -0.137. The summed E-state index contributed by atoms with van der Waals surface area (Å²) in [5.41, 5.74) is 1.42. The molecule has 0 aliphatic rings. The fourth-order valence-corrected chi connectivity index (χ4v) is 2.33. The first-order valence-electron chi connectivity index (χ1n) is 7.91. The van der Waals surface area contributed by atoms with Crippen molar-refractivity contribution in [2.75, 3.05) is 0 Å². The Bertz CT molecular complexity index is 483. The molecule has 0 aliphatic carbocycles. The lowest BCUT2D eigenvalue weighted by Gasteiger charge is -2.06. The largest absolute Gasteiger partial charge is 0.481 e. The van der Waals surface area contributed by atoms with Crippen LogP contribution in [0.4, 0.5) is 0 Å². The fraction of sp³-hybridized carbons (Fsp3) is 0.688. The highest BCUT2D eigenvalue weighted by Crippen LogP contribution is 2.10. The van der Waals surface area contributed by atoms with Gasteiger partial charge in [0.05, 0.1) is 5.69 Å². The first-order chi connectivity index (χ1) is 10.1. The Morgan fingerprint density at radius 1 is 1.10 bits per heavy atom. The number of rotatable bonds is 11. The van der Waals surface area contributed by atoms with Crippen molar-refractivity contribution >= 4 is 5.97 Å². The van der Waals surface area contributed by atoms with Gasteiger partial charge in [-0.1, -0.05) is 38.5 Å². The first-order valence-corrected chi connectivity index (χ1v) is 7.91. The van der Waals surface area contributed by atoms with Crippen LogP contribution in [0.25, 0.3) is 0 Å². The number of nitrogens with one attached hydrogen (secondary N) is 1. The van der Waals surface area contributed by atoms with E-state index in [9.17, 15) is 4.79 Å². The third-order valence-corrected chi connectivity index (χ3v) is 3.55. The van der Waals surface area contributed by atoms with E-state index in [2.05, 4.69) is 5.10 Å². The van der Waals surface area contributed by atoms with Crippen molar-refractivity contribution in [2.45, 2.75) is 71.3 Å². The third kappa shape index (κ3) is 8.27. The molecule has 2 N–H and O–H groups in total. The van der Waals surface area contributed by atoms with Gasteiger partial charge in [-0.2, -0.15) is 5.10 Å². The normalized spacial score (nSPS) is 10.7. The highest BCUT2D eigenvalue weighted by molar-refractivity contribution is 5.66. The Hall–Kier alpha value is -1.65. The minimum Gasteiger partial charge on any atom is -0.481 e. The number of carboxylic acids is 1. The molecule has 0 spiro atoms. The number of aromatic nitrogens is 2. The molecule has 1 aromatic heterocycles. The molecule has 1 heterocycles. The number of aliphatic carboxylic acids is 1. The summed E-state index contributed by atoms with van der Waals surface area (Å²) in [4.78, 5) is 10.3. The van der Waals surface area contributed by atoms with Crippen molar-refractivity contribution in [1.29, 1.82) is 5.41 Å². The number of nitrogens with zero attached hydrogens (tertiary/aromatic N) is 2. The lowest BCUT2D eigenvalue weighted by atomic mass is 10.1. The first kappa shape index (κ1) is 17.4. The Morgan fingerprint density at radius 2 is 1.67 bits per heavy atom. The summed E-state index contributed by atoms with van der Waals surface area (Å²) in [6.45, 7) is 2.76. The van der Waals surface area contributed by atoms with E-state index in [0.717, 1.165) is 44.3 Å². The van der Waals surface area contributed by atoms with Crippen LogP contribution in [-0.4, -0.2) is 20.9 Å². The summed E-state index contributed by atoms with van der Waals surface area (Å²) in [5, 5.41) is 20.6. The highest BCUT2D eigenvalue weighted by Gasteiger charge is 1.98. The average Bonchev–Trinajstić information content (AvgIpc) is 2.44. The van der Waals surface area contributed by atoms with Crippen molar-refractivity contribution in [3.05, 3.63) is 23.3 Å². The number of aryl methyl sites for hydroxylation is 2. The Balaban J connectivity index is 1.99. The molecule has 0 unspecified atom stereocenters. The summed E-state index contributed by atoms with van der Waals surface area (Å²) in [6.07, 6.45) is 9.11. The van der Waals surface area contributed by atoms with Crippen LogP contribution in [-0.2, 0) is 11.3 Å². The minimum absolute atomic E-state index is 0.302. The predicted octanol–water partition coefficient (Wildman–Crippen LogP) is 3.27. The van der Waals surface area contributed by atoms with Gasteiger partial charge < -0.3 is 5.11 Å². The molecular formula is C16H27N3O2. The molecule has 0 fully saturated rings. The molecule has 0 saturated heterocycles. The van der Waals surface area contributed by atoms with Gasteiger partial charge in [0.15, 0.2) is 0 Å². The van der Waals surface area contributed by atoms with Crippen LogP contribution >= 0.6 is 0 Å². The van der Waals surface area contributed by atoms with E-state index < -0.39 is 5.97 Å². The van der Waals surface area contributed by atoms with Gasteiger partial charge in [0.2, 0.25) is 0 Å². The molecule has 0 atom stereocenters. The fourth-order valence-electron chi connectivity index (χ4n) is 2.33. The van der Waals surface area contributed by atoms with E-state index in [0.29, 0.717) is 11.9 Å². The van der Waals surface area contributed by atoms with E-state index in [1.54, 1.807) is 10.7 Å². The van der Waals surface area contributed by atoms with Crippen LogP contribution < -0.4 is 5.49 Å². The van der Waals surface area contributed by atoms with Gasteiger partial charge in [-0.05, 0) is 31.9 Å². The molecule has 118 valence electrons. The maximum Gasteiger partial charge on any atom is 0.303 e. The maximum absolute atomic E-state index is 10.3. The van der Waals surface area contributed by atoms with E-state index in [-0.39, 0.29) is 0 Å². The van der Waals surface area contributed by atoms with Gasteiger partial charge in [-0.3, -0.25) is 10.2 Å². The van der Waals surface area contributed by atoms with Crippen LogP contribution in [0.1, 0.15) is 63.5 Å². The van der Waals surface area contributed by atoms with Gasteiger partial charge >= 0.3 is 5.97 Å². The van der Waals surface area contributed by atoms with Gasteiger partial charge in [0.1, 0.15) is 5.49 Å². The van der Waals surface area contributed by atoms with Crippen LogP contribution in [0.5, 0.6) is 0 Å². The number of hydrogen-bond acceptors (Lipinski definition) is 3. The molecular weight excluding hydrogens is 266 g/mol. The zero-order valence-corrected chi connectivity index (χ0v) is 13.0. The monoisotopic (exact) mass is 293 g/mol. The summed E-state index contributed by atoms with van der Waals surface area (Å²) in [7, 11) is 0. The van der Waals surface area contributed by atoms with Crippen molar-refractivity contribution < 1.29 is 9.90 Å². The van der Waals surface area contributed by atoms with Gasteiger partial charge in [0, 0.05) is 13.0 Å². The van der Waals surface area contributed by atoms with Crippen LogP contribution in [0.2, 0.25) is 0 Å². The average molecular weight is 293 g/mol. The van der Waals surface area contributed by atoms with Gasteiger partial charge in [0.25, 0.3) is 0 Å². The van der Waals surface area contributed by atoms with Crippen molar-refractivity contribution in [1.82, 2.24) is 9.78 Å². The van der Waals surface area contributed by atoms with Crippen LogP contribution in [0, 0.1) is 12.3 Å². The topological polar surface area (TPSA) is 79.0 Å². The molecule has 0 amide bonds. The molecule has 5 heteroatoms. The van der Waals surface area contributed by atoms with Gasteiger partial charge in [-0.25, -0.2) is 4.68 Å².